The molecule has 1 atom stereocenters. The molecule has 1 aliphatic heterocycles. The minimum absolute atomic E-state index is 0.226. The monoisotopic (exact) mass is 355 g/mol. The van der Waals surface area contributed by atoms with E-state index < -0.39 is 5.60 Å². The first-order chi connectivity index (χ1) is 13.2. The molecule has 3 heteroatoms. The normalized spacial score (nSPS) is 18.9. The van der Waals surface area contributed by atoms with Gasteiger partial charge < -0.3 is 4.74 Å². The van der Waals surface area contributed by atoms with Crippen LogP contribution in [0.4, 0.5) is 0 Å². The standard InChI is InChI=1S/C24H21NO2/c1-2-17-24(23(26)25-22(27-24)20-11-7-4-8-12-20)21-15-13-19(14-16-21)18-9-5-3-6-10-18/h3-16H,2,17H2,1H3/t24-/m1/s1. The molecule has 0 radical (unpaired) electrons. The number of hydrogen-bond donors (Lipinski definition) is 0. The Hall–Kier alpha value is -3.20. The Bertz CT molecular complexity index is 962. The summed E-state index contributed by atoms with van der Waals surface area (Å²) < 4.78 is 6.22. The van der Waals surface area contributed by atoms with Gasteiger partial charge in [-0.25, -0.2) is 0 Å². The van der Waals surface area contributed by atoms with E-state index in [-0.39, 0.29) is 5.91 Å². The molecular weight excluding hydrogens is 334 g/mol. The van der Waals surface area contributed by atoms with Crippen LogP contribution in [-0.4, -0.2) is 11.8 Å². The van der Waals surface area contributed by atoms with Crippen LogP contribution in [0.3, 0.4) is 0 Å². The van der Waals surface area contributed by atoms with Crippen molar-refractivity contribution >= 4 is 11.8 Å². The second-order valence-corrected chi connectivity index (χ2v) is 6.71. The van der Waals surface area contributed by atoms with Crippen molar-refractivity contribution < 1.29 is 9.53 Å². The zero-order valence-corrected chi connectivity index (χ0v) is 15.3. The summed E-state index contributed by atoms with van der Waals surface area (Å²) in [6, 6.07) is 27.8. The van der Waals surface area contributed by atoms with Gasteiger partial charge in [0.05, 0.1) is 0 Å². The Morgan fingerprint density at radius 2 is 1.33 bits per heavy atom. The largest absolute Gasteiger partial charge is 0.455 e. The van der Waals surface area contributed by atoms with Gasteiger partial charge in [-0.2, -0.15) is 4.99 Å². The van der Waals surface area contributed by atoms with Crippen LogP contribution >= 0.6 is 0 Å². The van der Waals surface area contributed by atoms with Gasteiger partial charge in [-0.05, 0) is 23.3 Å². The first kappa shape index (κ1) is 17.2. The molecule has 134 valence electrons. The number of carbonyl (C=O) groups is 1. The fourth-order valence-electron chi connectivity index (χ4n) is 3.52. The molecule has 3 aromatic carbocycles. The Balaban J connectivity index is 1.68. The molecule has 0 saturated heterocycles. The zero-order valence-electron chi connectivity index (χ0n) is 15.3. The average molecular weight is 355 g/mol. The number of ether oxygens (including phenoxy) is 1. The van der Waals surface area contributed by atoms with E-state index in [2.05, 4.69) is 24.0 Å². The van der Waals surface area contributed by atoms with Gasteiger partial charge in [0.15, 0.2) is 0 Å². The van der Waals surface area contributed by atoms with E-state index in [9.17, 15) is 4.79 Å². The molecule has 0 aromatic heterocycles. The zero-order chi connectivity index (χ0) is 18.7. The van der Waals surface area contributed by atoms with Gasteiger partial charge in [-0.1, -0.05) is 86.1 Å². The van der Waals surface area contributed by atoms with E-state index in [0.717, 1.165) is 28.7 Å². The van der Waals surface area contributed by atoms with Crippen molar-refractivity contribution in [3.05, 3.63) is 96.1 Å². The maximum atomic E-state index is 12.9. The summed E-state index contributed by atoms with van der Waals surface area (Å²) in [5.74, 6) is 0.178. The van der Waals surface area contributed by atoms with Crippen molar-refractivity contribution in [1.82, 2.24) is 0 Å². The van der Waals surface area contributed by atoms with Crippen molar-refractivity contribution in [2.45, 2.75) is 25.4 Å². The van der Waals surface area contributed by atoms with Crippen LogP contribution in [0.2, 0.25) is 0 Å². The van der Waals surface area contributed by atoms with E-state index in [4.69, 9.17) is 4.74 Å². The highest BCUT2D eigenvalue weighted by Crippen LogP contribution is 2.38. The third-order valence-electron chi connectivity index (χ3n) is 4.90. The van der Waals surface area contributed by atoms with Gasteiger partial charge in [0, 0.05) is 17.5 Å². The second kappa shape index (κ2) is 7.20. The van der Waals surface area contributed by atoms with Crippen LogP contribution in [0.15, 0.2) is 89.9 Å². The van der Waals surface area contributed by atoms with E-state index in [1.54, 1.807) is 0 Å². The predicted octanol–water partition coefficient (Wildman–Crippen LogP) is 5.35. The second-order valence-electron chi connectivity index (χ2n) is 6.71. The number of amides is 1. The first-order valence-corrected chi connectivity index (χ1v) is 9.26. The fraction of sp³-hybridized carbons (Fsp3) is 0.167. The van der Waals surface area contributed by atoms with Gasteiger partial charge in [-0.15, -0.1) is 0 Å². The molecule has 0 unspecified atom stereocenters. The van der Waals surface area contributed by atoms with Gasteiger partial charge in [0.25, 0.3) is 5.91 Å². The Labute approximate surface area is 159 Å². The van der Waals surface area contributed by atoms with Gasteiger partial charge in [0.1, 0.15) is 0 Å². The van der Waals surface area contributed by atoms with Crippen molar-refractivity contribution in [3.8, 4) is 11.1 Å². The number of nitrogens with zero attached hydrogens (tertiary/aromatic N) is 1. The molecular formula is C24H21NO2. The van der Waals surface area contributed by atoms with Crippen LogP contribution in [0.5, 0.6) is 0 Å². The molecule has 0 saturated carbocycles. The molecule has 0 spiro atoms. The molecule has 1 aliphatic rings. The third-order valence-corrected chi connectivity index (χ3v) is 4.90. The number of aliphatic imine (C=N–C) groups is 1. The summed E-state index contributed by atoms with van der Waals surface area (Å²) in [5.41, 5.74) is 2.90. The lowest BCUT2D eigenvalue weighted by Crippen LogP contribution is -2.34. The van der Waals surface area contributed by atoms with Gasteiger partial charge in [0.2, 0.25) is 11.5 Å². The first-order valence-electron chi connectivity index (χ1n) is 9.26. The highest BCUT2D eigenvalue weighted by atomic mass is 16.5. The maximum absolute atomic E-state index is 12.9. The van der Waals surface area contributed by atoms with E-state index in [1.807, 2.05) is 72.8 Å². The molecule has 0 bridgehead atoms. The van der Waals surface area contributed by atoms with Gasteiger partial charge >= 0.3 is 0 Å². The molecule has 0 fully saturated rings. The van der Waals surface area contributed by atoms with Gasteiger partial charge in [-0.3, -0.25) is 4.79 Å². The van der Waals surface area contributed by atoms with Crippen LogP contribution in [0, 0.1) is 0 Å². The number of carbonyl (C=O) groups excluding carboxylic acids is 1. The topological polar surface area (TPSA) is 38.7 Å². The van der Waals surface area contributed by atoms with E-state index in [1.165, 1.54) is 0 Å². The van der Waals surface area contributed by atoms with Crippen LogP contribution < -0.4 is 0 Å². The summed E-state index contributed by atoms with van der Waals surface area (Å²) in [5, 5.41) is 0. The number of rotatable bonds is 5. The summed E-state index contributed by atoms with van der Waals surface area (Å²) in [4.78, 5) is 17.2. The minimum Gasteiger partial charge on any atom is -0.455 e. The highest BCUT2D eigenvalue weighted by Gasteiger charge is 2.47. The average Bonchev–Trinajstić information content (AvgIpc) is 3.07. The minimum atomic E-state index is -1.03. The summed E-state index contributed by atoms with van der Waals surface area (Å²) in [6.07, 6.45) is 1.42. The lowest BCUT2D eigenvalue weighted by Gasteiger charge is -2.27. The van der Waals surface area contributed by atoms with Crippen molar-refractivity contribution in [3.63, 3.8) is 0 Å². The van der Waals surface area contributed by atoms with E-state index >= 15 is 0 Å². The summed E-state index contributed by atoms with van der Waals surface area (Å²) in [6.45, 7) is 2.05. The molecule has 0 aliphatic carbocycles. The molecule has 4 rings (SSSR count). The molecule has 3 nitrogen and oxygen atoms in total. The predicted molar refractivity (Wildman–Crippen MR) is 108 cm³/mol. The van der Waals surface area contributed by atoms with Crippen molar-refractivity contribution in [2.75, 3.05) is 0 Å². The molecule has 0 N–H and O–H groups in total. The van der Waals surface area contributed by atoms with Crippen LogP contribution in [0.1, 0.15) is 30.9 Å². The van der Waals surface area contributed by atoms with Crippen molar-refractivity contribution in [2.24, 2.45) is 4.99 Å². The lowest BCUT2D eigenvalue weighted by atomic mass is 9.87. The SMILES string of the molecule is CCC[C@]1(c2ccc(-c3ccccc3)cc2)OC(c2ccccc2)=NC1=O. The quantitative estimate of drug-likeness (QED) is 0.618. The maximum Gasteiger partial charge on any atom is 0.297 e. The van der Waals surface area contributed by atoms with E-state index in [0.29, 0.717) is 12.3 Å². The Morgan fingerprint density at radius 1 is 0.778 bits per heavy atom. The van der Waals surface area contributed by atoms with Crippen LogP contribution in [-0.2, 0) is 15.1 Å². The van der Waals surface area contributed by atoms with Crippen LogP contribution in [0.25, 0.3) is 11.1 Å². The third kappa shape index (κ3) is 3.17. The summed E-state index contributed by atoms with van der Waals surface area (Å²) in [7, 11) is 0. The summed E-state index contributed by atoms with van der Waals surface area (Å²) >= 11 is 0. The smallest absolute Gasteiger partial charge is 0.297 e. The Morgan fingerprint density at radius 3 is 1.93 bits per heavy atom. The number of benzene rings is 3. The Kier molecular flexibility index (Phi) is 4.59. The molecule has 1 heterocycles. The number of hydrogen-bond acceptors (Lipinski definition) is 2. The lowest BCUT2D eigenvalue weighted by molar-refractivity contribution is -0.132. The van der Waals surface area contributed by atoms with Crippen molar-refractivity contribution in [1.29, 1.82) is 0 Å². The molecule has 1 amide bonds. The fourth-order valence-corrected chi connectivity index (χ4v) is 3.52. The highest BCUT2D eigenvalue weighted by molar-refractivity contribution is 6.09. The molecule has 27 heavy (non-hydrogen) atoms. The molecule has 3 aromatic rings.